The van der Waals surface area contributed by atoms with Crippen LogP contribution in [0.5, 0.6) is 0 Å². The first-order valence-electron chi connectivity index (χ1n) is 7.18. The Morgan fingerprint density at radius 1 is 1.44 bits per heavy atom. The number of aromatic nitrogens is 2. The summed E-state index contributed by atoms with van der Waals surface area (Å²) < 4.78 is 7.68. The van der Waals surface area contributed by atoms with E-state index in [1.807, 2.05) is 12.5 Å². The van der Waals surface area contributed by atoms with Gasteiger partial charge in [-0.15, -0.1) is 0 Å². The highest BCUT2D eigenvalue weighted by atomic mass is 16.5. The predicted molar refractivity (Wildman–Crippen MR) is 70.0 cm³/mol. The molecule has 0 spiro atoms. The zero-order valence-electron chi connectivity index (χ0n) is 10.9. The zero-order valence-corrected chi connectivity index (χ0v) is 10.9. The lowest BCUT2D eigenvalue weighted by molar-refractivity contribution is 0.180. The minimum atomic E-state index is 0.0800. The van der Waals surface area contributed by atoms with Gasteiger partial charge in [0.1, 0.15) is 0 Å². The van der Waals surface area contributed by atoms with E-state index in [4.69, 9.17) is 10.5 Å². The zero-order chi connectivity index (χ0) is 12.4. The Hall–Kier alpha value is -0.870. The minimum absolute atomic E-state index is 0.0800. The molecule has 2 unspecified atom stereocenters. The van der Waals surface area contributed by atoms with Crippen LogP contribution in [-0.4, -0.2) is 22.8 Å². The van der Waals surface area contributed by atoms with Crippen molar-refractivity contribution in [1.82, 2.24) is 9.55 Å². The van der Waals surface area contributed by atoms with E-state index in [1.54, 1.807) is 0 Å². The lowest BCUT2D eigenvalue weighted by Gasteiger charge is -2.26. The molecular weight excluding hydrogens is 226 g/mol. The van der Waals surface area contributed by atoms with E-state index in [1.165, 1.54) is 31.4 Å². The summed E-state index contributed by atoms with van der Waals surface area (Å²) in [6.07, 6.45) is 10.5. The van der Waals surface area contributed by atoms with Gasteiger partial charge in [0.2, 0.25) is 0 Å². The summed E-state index contributed by atoms with van der Waals surface area (Å²) in [5.41, 5.74) is 7.54. The highest BCUT2D eigenvalue weighted by Gasteiger charge is 2.26. The van der Waals surface area contributed by atoms with Gasteiger partial charge in [0.25, 0.3) is 0 Å². The quantitative estimate of drug-likeness (QED) is 0.869. The topological polar surface area (TPSA) is 53.1 Å². The van der Waals surface area contributed by atoms with Crippen molar-refractivity contribution in [1.29, 1.82) is 0 Å². The van der Waals surface area contributed by atoms with Crippen molar-refractivity contribution in [3.8, 4) is 0 Å². The van der Waals surface area contributed by atoms with Crippen LogP contribution in [-0.2, 0) is 11.3 Å². The van der Waals surface area contributed by atoms with E-state index < -0.39 is 0 Å². The molecule has 0 bridgehead atoms. The molecule has 4 nitrogen and oxygen atoms in total. The molecule has 2 atom stereocenters. The molecule has 2 aliphatic rings. The molecule has 0 radical (unpaired) electrons. The van der Waals surface area contributed by atoms with Gasteiger partial charge in [-0.25, -0.2) is 4.98 Å². The van der Waals surface area contributed by atoms with Crippen LogP contribution in [0.1, 0.15) is 43.8 Å². The van der Waals surface area contributed by atoms with E-state index in [-0.39, 0.29) is 6.04 Å². The summed E-state index contributed by atoms with van der Waals surface area (Å²) in [6, 6.07) is 0.0800. The molecule has 2 fully saturated rings. The molecule has 0 amide bonds. The molecule has 18 heavy (non-hydrogen) atoms. The van der Waals surface area contributed by atoms with E-state index in [2.05, 4.69) is 9.55 Å². The largest absolute Gasteiger partial charge is 0.381 e. The molecule has 1 aliphatic heterocycles. The maximum absolute atomic E-state index is 6.36. The van der Waals surface area contributed by atoms with E-state index in [0.717, 1.165) is 32.1 Å². The van der Waals surface area contributed by atoms with Gasteiger partial charge in [-0.05, 0) is 18.8 Å². The van der Waals surface area contributed by atoms with Crippen molar-refractivity contribution in [2.24, 2.45) is 17.6 Å². The van der Waals surface area contributed by atoms with Crippen LogP contribution in [0, 0.1) is 11.8 Å². The Morgan fingerprint density at radius 3 is 3.00 bits per heavy atom. The van der Waals surface area contributed by atoms with Gasteiger partial charge in [0.05, 0.1) is 24.7 Å². The second-order valence-electron chi connectivity index (χ2n) is 5.75. The Balaban J connectivity index is 1.61. The van der Waals surface area contributed by atoms with Crippen LogP contribution in [0.15, 0.2) is 12.5 Å². The average Bonchev–Trinajstić information content (AvgIpc) is 2.97. The number of imidazole rings is 1. The number of hydrogen-bond acceptors (Lipinski definition) is 3. The minimum Gasteiger partial charge on any atom is -0.381 e. The highest BCUT2D eigenvalue weighted by Crippen LogP contribution is 2.31. The fourth-order valence-corrected chi connectivity index (χ4v) is 2.98. The molecule has 2 N–H and O–H groups in total. The number of ether oxygens (including phenoxy) is 1. The van der Waals surface area contributed by atoms with Gasteiger partial charge in [-0.1, -0.05) is 19.3 Å². The molecule has 1 aliphatic carbocycles. The molecule has 1 aromatic heterocycles. The summed E-state index contributed by atoms with van der Waals surface area (Å²) >= 11 is 0. The Kier molecular flexibility index (Phi) is 3.66. The van der Waals surface area contributed by atoms with Crippen LogP contribution in [0.2, 0.25) is 0 Å². The van der Waals surface area contributed by atoms with Gasteiger partial charge in [-0.3, -0.25) is 0 Å². The molecule has 3 rings (SSSR count). The van der Waals surface area contributed by atoms with E-state index in [9.17, 15) is 0 Å². The van der Waals surface area contributed by atoms with Crippen molar-refractivity contribution in [2.75, 3.05) is 13.2 Å². The number of rotatable bonds is 5. The third-order valence-electron chi connectivity index (χ3n) is 4.56. The molecular formula is C14H23N3O. The van der Waals surface area contributed by atoms with Gasteiger partial charge in [-0.2, -0.15) is 0 Å². The molecule has 1 aromatic rings. The smallest absolute Gasteiger partial charge is 0.0948 e. The van der Waals surface area contributed by atoms with Gasteiger partial charge in [0.15, 0.2) is 0 Å². The van der Waals surface area contributed by atoms with Crippen molar-refractivity contribution >= 4 is 0 Å². The lowest BCUT2D eigenvalue weighted by atomic mass is 9.83. The number of nitrogens with two attached hydrogens (primary N) is 1. The van der Waals surface area contributed by atoms with Crippen molar-refractivity contribution in [2.45, 2.75) is 44.7 Å². The van der Waals surface area contributed by atoms with Gasteiger partial charge in [0, 0.05) is 25.3 Å². The van der Waals surface area contributed by atoms with Crippen LogP contribution >= 0.6 is 0 Å². The summed E-state index contributed by atoms with van der Waals surface area (Å²) in [5, 5.41) is 0. The number of aryl methyl sites for hydroxylation is 1. The third kappa shape index (κ3) is 2.45. The number of hydrogen-bond donors (Lipinski definition) is 1. The molecule has 100 valence electrons. The molecule has 4 heteroatoms. The highest BCUT2D eigenvalue weighted by molar-refractivity contribution is 5.07. The van der Waals surface area contributed by atoms with Crippen LogP contribution in [0.4, 0.5) is 0 Å². The maximum Gasteiger partial charge on any atom is 0.0948 e. The predicted octanol–water partition coefficient (Wildman–Crippen LogP) is 2.11. The summed E-state index contributed by atoms with van der Waals surface area (Å²) in [7, 11) is 0. The van der Waals surface area contributed by atoms with Crippen molar-refractivity contribution in [3.63, 3.8) is 0 Å². The number of nitrogens with zero attached hydrogens (tertiary/aromatic N) is 2. The Morgan fingerprint density at radius 2 is 2.33 bits per heavy atom. The van der Waals surface area contributed by atoms with Crippen molar-refractivity contribution in [3.05, 3.63) is 18.2 Å². The standard InChI is InChI=1S/C14H23N3O/c15-14(12-5-7-18-9-12)13-8-16-10-17(13)6-4-11-2-1-3-11/h8,10-12,14H,1-7,9,15H2. The summed E-state index contributed by atoms with van der Waals surface area (Å²) in [4.78, 5) is 4.28. The van der Waals surface area contributed by atoms with Crippen LogP contribution in [0.3, 0.4) is 0 Å². The van der Waals surface area contributed by atoms with Gasteiger partial charge < -0.3 is 15.0 Å². The van der Waals surface area contributed by atoms with Crippen molar-refractivity contribution < 1.29 is 4.74 Å². The second-order valence-corrected chi connectivity index (χ2v) is 5.75. The monoisotopic (exact) mass is 249 g/mol. The molecule has 1 saturated heterocycles. The summed E-state index contributed by atoms with van der Waals surface area (Å²) in [5.74, 6) is 1.40. The van der Waals surface area contributed by atoms with Crippen LogP contribution < -0.4 is 5.73 Å². The normalized spacial score (nSPS) is 26.2. The van der Waals surface area contributed by atoms with E-state index >= 15 is 0 Å². The SMILES string of the molecule is NC(c1cncn1CCC1CCC1)C1CCOC1. The molecule has 2 heterocycles. The van der Waals surface area contributed by atoms with E-state index in [0.29, 0.717) is 5.92 Å². The summed E-state index contributed by atoms with van der Waals surface area (Å²) in [6.45, 7) is 2.73. The first-order valence-corrected chi connectivity index (χ1v) is 7.18. The first-order chi connectivity index (χ1) is 8.84. The van der Waals surface area contributed by atoms with Gasteiger partial charge >= 0.3 is 0 Å². The lowest BCUT2D eigenvalue weighted by Crippen LogP contribution is -2.25. The van der Waals surface area contributed by atoms with Crippen LogP contribution in [0.25, 0.3) is 0 Å². The molecule has 1 saturated carbocycles. The fraction of sp³-hybridized carbons (Fsp3) is 0.786. The first kappa shape index (κ1) is 12.2. The molecule has 0 aromatic carbocycles. The Bertz CT molecular complexity index is 380. The average molecular weight is 249 g/mol. The third-order valence-corrected chi connectivity index (χ3v) is 4.56. The maximum atomic E-state index is 6.36. The second kappa shape index (κ2) is 5.41. The Labute approximate surface area is 109 Å². The fourth-order valence-electron chi connectivity index (χ4n) is 2.98.